The van der Waals surface area contributed by atoms with Gasteiger partial charge < -0.3 is 14.6 Å². The summed E-state index contributed by atoms with van der Waals surface area (Å²) in [4.78, 5) is 8.88. The molecule has 3 aromatic rings. The van der Waals surface area contributed by atoms with Crippen LogP contribution in [0, 0.1) is 20.8 Å². The molecule has 1 aromatic carbocycles. The van der Waals surface area contributed by atoms with Crippen molar-refractivity contribution in [1.82, 2.24) is 15.1 Å². The van der Waals surface area contributed by atoms with Gasteiger partial charge in [0.2, 0.25) is 5.95 Å². The lowest BCUT2D eigenvalue weighted by Gasteiger charge is -2.07. The van der Waals surface area contributed by atoms with Gasteiger partial charge in [-0.2, -0.15) is 0 Å². The van der Waals surface area contributed by atoms with Gasteiger partial charge in [-0.15, -0.1) is 0 Å². The highest BCUT2D eigenvalue weighted by atomic mass is 16.5. The number of nitrogens with one attached hydrogen (secondary N) is 1. The maximum Gasteiger partial charge on any atom is 0.223 e. The topological polar surface area (TPSA) is 73.1 Å². The van der Waals surface area contributed by atoms with Crippen LogP contribution in [0.4, 0.5) is 5.95 Å². The van der Waals surface area contributed by atoms with Gasteiger partial charge in [-0.1, -0.05) is 17.3 Å². The van der Waals surface area contributed by atoms with Crippen LogP contribution in [0.2, 0.25) is 0 Å². The summed E-state index contributed by atoms with van der Waals surface area (Å²) >= 11 is 0. The monoisotopic (exact) mass is 324 g/mol. The third-order valence-electron chi connectivity index (χ3n) is 3.97. The zero-order chi connectivity index (χ0) is 17.1. The van der Waals surface area contributed by atoms with Crippen LogP contribution < -0.4 is 10.1 Å². The Balaban J connectivity index is 1.72. The number of nitrogens with zero attached hydrogens (tertiary/aromatic N) is 3. The van der Waals surface area contributed by atoms with E-state index in [2.05, 4.69) is 20.4 Å². The fourth-order valence-electron chi connectivity index (χ4n) is 2.33. The molecule has 24 heavy (non-hydrogen) atoms. The average molecular weight is 324 g/mol. The summed E-state index contributed by atoms with van der Waals surface area (Å²) in [5, 5.41) is 7.28. The Morgan fingerprint density at radius 2 is 1.83 bits per heavy atom. The zero-order valence-electron chi connectivity index (χ0n) is 14.3. The number of aryl methyl sites for hydroxylation is 2. The lowest BCUT2D eigenvalue weighted by molar-refractivity contribution is 0.412. The fourth-order valence-corrected chi connectivity index (χ4v) is 2.33. The van der Waals surface area contributed by atoms with Crippen molar-refractivity contribution in [2.75, 3.05) is 12.4 Å². The van der Waals surface area contributed by atoms with E-state index in [9.17, 15) is 0 Å². The molecule has 0 aliphatic heterocycles. The fraction of sp³-hybridized carbons (Fsp3) is 0.278. The van der Waals surface area contributed by atoms with E-state index in [0.717, 1.165) is 34.0 Å². The van der Waals surface area contributed by atoms with Gasteiger partial charge in [0.25, 0.3) is 0 Å². The van der Waals surface area contributed by atoms with E-state index in [1.54, 1.807) is 7.11 Å². The molecule has 0 atom stereocenters. The molecular formula is C18H20N4O2. The van der Waals surface area contributed by atoms with E-state index in [1.165, 1.54) is 0 Å². The van der Waals surface area contributed by atoms with Crippen molar-refractivity contribution in [2.24, 2.45) is 0 Å². The van der Waals surface area contributed by atoms with E-state index in [1.807, 2.05) is 51.1 Å². The molecule has 0 saturated carbocycles. The van der Waals surface area contributed by atoms with Gasteiger partial charge in [0.05, 0.1) is 13.7 Å². The van der Waals surface area contributed by atoms with E-state index < -0.39 is 0 Å². The molecule has 0 unspecified atom stereocenters. The molecule has 6 heteroatoms. The quantitative estimate of drug-likeness (QED) is 0.772. The van der Waals surface area contributed by atoms with Crippen LogP contribution in [0.5, 0.6) is 5.75 Å². The van der Waals surface area contributed by atoms with Gasteiger partial charge in [-0.25, -0.2) is 9.97 Å². The second-order valence-corrected chi connectivity index (χ2v) is 5.61. The maximum atomic E-state index is 5.42. The Labute approximate surface area is 140 Å². The number of ether oxygens (including phenoxy) is 1. The van der Waals surface area contributed by atoms with Crippen LogP contribution in [0.15, 0.2) is 34.9 Å². The number of aromatic nitrogens is 3. The second kappa shape index (κ2) is 6.70. The first-order chi connectivity index (χ1) is 11.6. The minimum Gasteiger partial charge on any atom is -0.497 e. The smallest absolute Gasteiger partial charge is 0.223 e. The molecule has 0 aliphatic carbocycles. The lowest BCUT2D eigenvalue weighted by Crippen LogP contribution is -2.07. The Hall–Kier alpha value is -2.89. The van der Waals surface area contributed by atoms with Crippen molar-refractivity contribution in [3.05, 3.63) is 53.0 Å². The third kappa shape index (κ3) is 3.37. The van der Waals surface area contributed by atoms with E-state index in [4.69, 9.17) is 9.26 Å². The van der Waals surface area contributed by atoms with Crippen LogP contribution in [-0.4, -0.2) is 22.2 Å². The summed E-state index contributed by atoms with van der Waals surface area (Å²) in [6.45, 7) is 6.47. The normalized spacial score (nSPS) is 10.7. The van der Waals surface area contributed by atoms with Crippen molar-refractivity contribution >= 4 is 5.95 Å². The highest BCUT2D eigenvalue weighted by Gasteiger charge is 2.09. The zero-order valence-corrected chi connectivity index (χ0v) is 14.3. The van der Waals surface area contributed by atoms with Crippen molar-refractivity contribution in [1.29, 1.82) is 0 Å². The third-order valence-corrected chi connectivity index (χ3v) is 3.97. The highest BCUT2D eigenvalue weighted by Crippen LogP contribution is 2.24. The number of anilines is 1. The molecule has 2 heterocycles. The molecule has 0 radical (unpaired) electrons. The molecule has 0 spiro atoms. The molecule has 0 bridgehead atoms. The molecule has 0 fully saturated rings. The van der Waals surface area contributed by atoms with Gasteiger partial charge in [0, 0.05) is 23.0 Å². The standard InChI is InChI=1S/C18H20N4O2/c1-11-12(2)20-18(21-13(11)3)19-10-15-9-17(24-22-15)14-6-5-7-16(8-14)23-4/h5-9H,10H2,1-4H3,(H,19,20,21). The summed E-state index contributed by atoms with van der Waals surface area (Å²) in [6, 6.07) is 9.57. The molecule has 0 saturated heterocycles. The van der Waals surface area contributed by atoms with Crippen LogP contribution in [0.25, 0.3) is 11.3 Å². The van der Waals surface area contributed by atoms with Crippen LogP contribution in [0.3, 0.4) is 0 Å². The predicted molar refractivity (Wildman–Crippen MR) is 92.1 cm³/mol. The minimum atomic E-state index is 0.495. The van der Waals surface area contributed by atoms with Crippen molar-refractivity contribution in [3.63, 3.8) is 0 Å². The largest absolute Gasteiger partial charge is 0.497 e. The Morgan fingerprint density at radius 1 is 1.08 bits per heavy atom. The minimum absolute atomic E-state index is 0.495. The lowest BCUT2D eigenvalue weighted by atomic mass is 10.1. The van der Waals surface area contributed by atoms with Crippen molar-refractivity contribution in [2.45, 2.75) is 27.3 Å². The molecule has 6 nitrogen and oxygen atoms in total. The summed E-state index contributed by atoms with van der Waals surface area (Å²) in [5.74, 6) is 2.08. The molecule has 1 N–H and O–H groups in total. The molecular weight excluding hydrogens is 304 g/mol. The predicted octanol–water partition coefficient (Wildman–Crippen LogP) is 3.68. The van der Waals surface area contributed by atoms with Gasteiger partial charge in [-0.05, 0) is 38.5 Å². The summed E-state index contributed by atoms with van der Waals surface area (Å²) in [5.41, 5.74) is 4.77. The summed E-state index contributed by atoms with van der Waals surface area (Å²) in [6.07, 6.45) is 0. The second-order valence-electron chi connectivity index (χ2n) is 5.61. The molecule has 124 valence electrons. The highest BCUT2D eigenvalue weighted by molar-refractivity contribution is 5.59. The molecule has 3 rings (SSSR count). The SMILES string of the molecule is COc1cccc(-c2cc(CNc3nc(C)c(C)c(C)n3)no2)c1. The first kappa shape index (κ1) is 16.0. The van der Waals surface area contributed by atoms with Crippen LogP contribution >= 0.6 is 0 Å². The van der Waals surface area contributed by atoms with Crippen molar-refractivity contribution in [3.8, 4) is 17.1 Å². The molecule has 0 amide bonds. The average Bonchev–Trinajstić information content (AvgIpc) is 3.07. The van der Waals surface area contributed by atoms with Crippen molar-refractivity contribution < 1.29 is 9.26 Å². The first-order valence-electron chi connectivity index (χ1n) is 7.72. The van der Waals surface area contributed by atoms with Gasteiger partial charge in [0.15, 0.2) is 5.76 Å². The molecule has 2 aromatic heterocycles. The van der Waals surface area contributed by atoms with Gasteiger partial charge >= 0.3 is 0 Å². The summed E-state index contributed by atoms with van der Waals surface area (Å²) in [7, 11) is 1.64. The maximum absolute atomic E-state index is 5.42. The number of rotatable bonds is 5. The Morgan fingerprint density at radius 3 is 2.54 bits per heavy atom. The van der Waals surface area contributed by atoms with Crippen LogP contribution in [-0.2, 0) is 6.54 Å². The van der Waals surface area contributed by atoms with Gasteiger partial charge in [0.1, 0.15) is 11.4 Å². The number of benzene rings is 1. The number of hydrogen-bond acceptors (Lipinski definition) is 6. The number of hydrogen-bond donors (Lipinski definition) is 1. The molecule has 0 aliphatic rings. The van der Waals surface area contributed by atoms with E-state index in [-0.39, 0.29) is 0 Å². The van der Waals surface area contributed by atoms with E-state index >= 15 is 0 Å². The van der Waals surface area contributed by atoms with Crippen LogP contribution in [0.1, 0.15) is 22.6 Å². The Kier molecular flexibility index (Phi) is 4.46. The summed E-state index contributed by atoms with van der Waals surface area (Å²) < 4.78 is 10.6. The first-order valence-corrected chi connectivity index (χ1v) is 7.72. The van der Waals surface area contributed by atoms with Gasteiger partial charge in [-0.3, -0.25) is 0 Å². The van der Waals surface area contributed by atoms with E-state index in [0.29, 0.717) is 18.3 Å². The number of methoxy groups -OCH3 is 1. The Bertz CT molecular complexity index is 835.